The topological polar surface area (TPSA) is 134 Å². The van der Waals surface area contributed by atoms with Crippen molar-refractivity contribution in [2.75, 3.05) is 26.4 Å². The maximum Gasteiger partial charge on any atom is 0.472 e. The first-order valence-corrected chi connectivity index (χ1v) is 26.4. The third-order valence-corrected chi connectivity index (χ3v) is 11.3. The van der Waals surface area contributed by atoms with E-state index in [1.54, 1.807) is 0 Å². The van der Waals surface area contributed by atoms with Gasteiger partial charge in [-0.2, -0.15) is 0 Å². The molecule has 0 saturated heterocycles. The fourth-order valence-corrected chi connectivity index (χ4v) is 7.41. The molecule has 0 aliphatic carbocycles. The smallest absolute Gasteiger partial charge is 0.462 e. The average Bonchev–Trinajstić information content (AvgIpc) is 3.26. The lowest BCUT2D eigenvalue weighted by atomic mass is 10.0. The van der Waals surface area contributed by atoms with Crippen molar-refractivity contribution in [1.29, 1.82) is 0 Å². The first-order valence-electron chi connectivity index (χ1n) is 24.9. The van der Waals surface area contributed by atoms with Gasteiger partial charge in [0.15, 0.2) is 6.10 Å². The summed E-state index contributed by atoms with van der Waals surface area (Å²) in [6, 6.07) is 0. The molecule has 0 fully saturated rings. The van der Waals surface area contributed by atoms with Gasteiger partial charge >= 0.3 is 19.8 Å². The highest BCUT2D eigenvalue weighted by atomic mass is 31.2. The number of rotatable bonds is 46. The normalized spacial score (nSPS) is 13.8. The van der Waals surface area contributed by atoms with E-state index >= 15 is 0 Å². The monoisotopic (exact) mass is 890 g/mol. The van der Waals surface area contributed by atoms with Gasteiger partial charge in [-0.25, -0.2) is 4.57 Å². The molecule has 0 amide bonds. The minimum atomic E-state index is -4.39. The number of phosphoric ester groups is 1. The SMILES string of the molecule is CC/C=C\C/C=C\C/C=C\C/C=C\CCCCCCCCCCCCCCCCC(=O)OC(COC(=O)CCCCCCC/C=C\C/C=C\CCCC)COP(=O)(O)OCCN. The van der Waals surface area contributed by atoms with Gasteiger partial charge in [0.2, 0.25) is 0 Å². The molecule has 3 N–H and O–H groups in total. The van der Waals surface area contributed by atoms with E-state index in [1.165, 1.54) is 83.5 Å². The van der Waals surface area contributed by atoms with Gasteiger partial charge in [-0.1, -0.05) is 196 Å². The number of esters is 2. The Balaban J connectivity index is 4.01. The molecule has 2 atom stereocenters. The Hall–Kier alpha value is -2.55. The van der Waals surface area contributed by atoms with Gasteiger partial charge in [-0.05, 0) is 77.0 Å². The van der Waals surface area contributed by atoms with Gasteiger partial charge in [0.05, 0.1) is 13.2 Å². The van der Waals surface area contributed by atoms with Crippen LogP contribution in [0, 0.1) is 0 Å². The van der Waals surface area contributed by atoms with Crippen molar-refractivity contribution in [1.82, 2.24) is 0 Å². The van der Waals surface area contributed by atoms with Crippen molar-refractivity contribution in [3.8, 4) is 0 Å². The second kappa shape index (κ2) is 47.9. The molecule has 10 heteroatoms. The Labute approximate surface area is 380 Å². The maximum atomic E-state index is 12.6. The van der Waals surface area contributed by atoms with Crippen LogP contribution in [-0.2, 0) is 32.7 Å². The number of hydrogen-bond acceptors (Lipinski definition) is 8. The summed E-state index contributed by atoms with van der Waals surface area (Å²) in [6.45, 7) is 3.57. The molecule has 62 heavy (non-hydrogen) atoms. The van der Waals surface area contributed by atoms with Crippen LogP contribution in [0.2, 0.25) is 0 Å². The molecule has 0 aromatic heterocycles. The van der Waals surface area contributed by atoms with E-state index in [2.05, 4.69) is 86.8 Å². The number of nitrogens with two attached hydrogens (primary N) is 1. The molecular weight excluding hydrogens is 798 g/mol. The quantitative estimate of drug-likeness (QED) is 0.0265. The zero-order valence-corrected chi connectivity index (χ0v) is 40.5. The zero-order chi connectivity index (χ0) is 45.3. The van der Waals surface area contributed by atoms with Gasteiger partial charge in [0.25, 0.3) is 0 Å². The number of phosphoric acid groups is 1. The van der Waals surface area contributed by atoms with Crippen LogP contribution in [0.1, 0.15) is 213 Å². The summed E-state index contributed by atoms with van der Waals surface area (Å²) in [7, 11) is -4.39. The van der Waals surface area contributed by atoms with Crippen molar-refractivity contribution >= 4 is 19.8 Å². The molecule has 0 bridgehead atoms. The van der Waals surface area contributed by atoms with Crippen LogP contribution in [0.3, 0.4) is 0 Å². The van der Waals surface area contributed by atoms with Crippen LogP contribution in [0.5, 0.6) is 0 Å². The molecule has 0 aromatic rings. The molecule has 0 aromatic carbocycles. The molecule has 9 nitrogen and oxygen atoms in total. The number of hydrogen-bond donors (Lipinski definition) is 2. The fraction of sp³-hybridized carbons (Fsp3) is 0.731. The minimum absolute atomic E-state index is 0.0490. The summed E-state index contributed by atoms with van der Waals surface area (Å²) < 4.78 is 32.9. The van der Waals surface area contributed by atoms with Gasteiger partial charge in [-0.3, -0.25) is 18.6 Å². The number of carbonyl (C=O) groups is 2. The van der Waals surface area contributed by atoms with Gasteiger partial charge in [0.1, 0.15) is 6.61 Å². The van der Waals surface area contributed by atoms with Crippen molar-refractivity contribution in [2.45, 2.75) is 219 Å². The first-order chi connectivity index (χ1) is 30.3. The van der Waals surface area contributed by atoms with E-state index in [1.807, 2.05) is 0 Å². The van der Waals surface area contributed by atoms with Crippen molar-refractivity contribution in [3.05, 3.63) is 72.9 Å². The number of unbranched alkanes of at least 4 members (excludes halogenated alkanes) is 21. The highest BCUT2D eigenvalue weighted by Gasteiger charge is 2.26. The summed E-state index contributed by atoms with van der Waals surface area (Å²) in [6.07, 6.45) is 59.4. The van der Waals surface area contributed by atoms with Crippen LogP contribution in [-0.4, -0.2) is 49.3 Å². The highest BCUT2D eigenvalue weighted by molar-refractivity contribution is 7.47. The van der Waals surface area contributed by atoms with E-state index in [-0.39, 0.29) is 32.6 Å². The lowest BCUT2D eigenvalue weighted by Crippen LogP contribution is -2.29. The predicted octanol–water partition coefficient (Wildman–Crippen LogP) is 15.0. The van der Waals surface area contributed by atoms with E-state index < -0.39 is 32.5 Å². The van der Waals surface area contributed by atoms with Gasteiger partial charge < -0.3 is 20.1 Å². The number of ether oxygens (including phenoxy) is 2. The van der Waals surface area contributed by atoms with E-state index in [4.69, 9.17) is 24.3 Å². The van der Waals surface area contributed by atoms with Crippen LogP contribution < -0.4 is 5.73 Å². The summed E-state index contributed by atoms with van der Waals surface area (Å²) in [4.78, 5) is 35.0. The van der Waals surface area contributed by atoms with Crippen LogP contribution >= 0.6 is 7.82 Å². The average molecular weight is 890 g/mol. The Kier molecular flexibility index (Phi) is 45.9. The second-order valence-electron chi connectivity index (χ2n) is 16.3. The minimum Gasteiger partial charge on any atom is -0.462 e. The predicted molar refractivity (Wildman–Crippen MR) is 261 cm³/mol. The Morgan fingerprint density at radius 2 is 0.887 bits per heavy atom. The maximum absolute atomic E-state index is 12.6. The molecule has 0 heterocycles. The van der Waals surface area contributed by atoms with Crippen LogP contribution in [0.4, 0.5) is 0 Å². The third-order valence-electron chi connectivity index (χ3n) is 10.3. The first kappa shape index (κ1) is 59.5. The summed E-state index contributed by atoms with van der Waals surface area (Å²) in [5.41, 5.74) is 5.36. The van der Waals surface area contributed by atoms with Crippen LogP contribution in [0.25, 0.3) is 0 Å². The van der Waals surface area contributed by atoms with Crippen molar-refractivity contribution in [2.24, 2.45) is 5.73 Å². The van der Waals surface area contributed by atoms with Crippen molar-refractivity contribution < 1.29 is 37.6 Å². The lowest BCUT2D eigenvalue weighted by molar-refractivity contribution is -0.161. The van der Waals surface area contributed by atoms with E-state index in [0.29, 0.717) is 12.8 Å². The molecule has 358 valence electrons. The second-order valence-corrected chi connectivity index (χ2v) is 17.8. The summed E-state index contributed by atoms with van der Waals surface area (Å²) >= 11 is 0. The van der Waals surface area contributed by atoms with E-state index in [9.17, 15) is 19.0 Å². The molecule has 0 spiro atoms. The Morgan fingerprint density at radius 1 is 0.500 bits per heavy atom. The number of allylic oxidation sites excluding steroid dienone is 12. The van der Waals surface area contributed by atoms with Crippen LogP contribution in [0.15, 0.2) is 72.9 Å². The summed E-state index contributed by atoms with van der Waals surface area (Å²) in [5, 5.41) is 0. The Morgan fingerprint density at radius 3 is 1.32 bits per heavy atom. The molecule has 0 aliphatic heterocycles. The third kappa shape index (κ3) is 46.9. The van der Waals surface area contributed by atoms with Gasteiger partial charge in [-0.15, -0.1) is 0 Å². The van der Waals surface area contributed by atoms with E-state index in [0.717, 1.165) is 89.9 Å². The molecule has 0 radical (unpaired) electrons. The zero-order valence-electron chi connectivity index (χ0n) is 39.6. The highest BCUT2D eigenvalue weighted by Crippen LogP contribution is 2.43. The molecule has 0 saturated carbocycles. The lowest BCUT2D eigenvalue weighted by Gasteiger charge is -2.19. The molecule has 0 aliphatic rings. The Bertz CT molecular complexity index is 1240. The molecule has 0 rings (SSSR count). The number of carbonyl (C=O) groups excluding carboxylic acids is 2. The fourth-order valence-electron chi connectivity index (χ4n) is 6.64. The summed E-state index contributed by atoms with van der Waals surface area (Å²) in [5.74, 6) is -0.846. The standard InChI is InChI=1S/C52H92NO8P/c1-3-5-7-9-11-13-15-17-19-20-21-22-23-24-25-26-27-28-29-30-31-33-35-37-39-41-43-45-52(55)61-50(49-60-62(56,57)59-47-46-53)48-58-51(54)44-42-40-38-36-34-32-18-16-14-12-10-8-6-4-2/h5,7,10-13,16-19,21-22,50H,3-4,6,8-9,14-15,20,23-49,53H2,1-2H3,(H,56,57)/b7-5-,12-10-,13-11-,18-16-,19-17-,22-21-. The molecule has 2 unspecified atom stereocenters. The van der Waals surface area contributed by atoms with Crippen molar-refractivity contribution in [3.63, 3.8) is 0 Å². The van der Waals surface area contributed by atoms with Gasteiger partial charge in [0, 0.05) is 19.4 Å². The largest absolute Gasteiger partial charge is 0.472 e. The molecular formula is C52H92NO8P.